The SMILES string of the molecule is Cc1cc(C#N)cc2c1CC(C(O)c1c(C)ccc(C(=O)N3CCOCC3)c1C)N2S(=O)(=O)c1ccccc1. The van der Waals surface area contributed by atoms with Gasteiger partial charge >= 0.3 is 0 Å². The largest absolute Gasteiger partial charge is 0.386 e. The zero-order chi connectivity index (χ0) is 27.9. The quantitative estimate of drug-likeness (QED) is 0.522. The Labute approximate surface area is 229 Å². The Bertz CT molecular complexity index is 1570. The van der Waals surface area contributed by atoms with E-state index in [2.05, 4.69) is 6.07 Å². The average Bonchev–Trinajstić information content (AvgIpc) is 3.35. The van der Waals surface area contributed by atoms with Crippen molar-refractivity contribution in [2.45, 2.75) is 44.2 Å². The van der Waals surface area contributed by atoms with Gasteiger partial charge in [0.05, 0.1) is 41.5 Å². The van der Waals surface area contributed by atoms with E-state index in [1.165, 1.54) is 16.4 Å². The molecule has 202 valence electrons. The number of carbonyl (C=O) groups excluding carboxylic acids is 1. The number of aryl methyl sites for hydroxylation is 2. The van der Waals surface area contributed by atoms with Crippen molar-refractivity contribution in [2.24, 2.45) is 0 Å². The van der Waals surface area contributed by atoms with E-state index in [0.29, 0.717) is 54.2 Å². The van der Waals surface area contributed by atoms with Crippen LogP contribution in [-0.4, -0.2) is 56.7 Å². The highest BCUT2D eigenvalue weighted by Crippen LogP contribution is 2.44. The van der Waals surface area contributed by atoms with Crippen molar-refractivity contribution in [3.8, 4) is 6.07 Å². The van der Waals surface area contributed by atoms with Gasteiger partial charge in [-0.2, -0.15) is 5.26 Å². The van der Waals surface area contributed by atoms with Crippen LogP contribution in [0.3, 0.4) is 0 Å². The summed E-state index contributed by atoms with van der Waals surface area (Å²) in [6.45, 7) is 7.44. The van der Waals surface area contributed by atoms with Crippen LogP contribution in [-0.2, 0) is 21.2 Å². The molecule has 2 unspecified atom stereocenters. The summed E-state index contributed by atoms with van der Waals surface area (Å²) in [5.74, 6) is -0.137. The lowest BCUT2D eigenvalue weighted by Crippen LogP contribution is -2.42. The molecule has 0 aromatic heterocycles. The molecule has 0 bridgehead atoms. The third-order valence-corrected chi connectivity index (χ3v) is 9.61. The first kappa shape index (κ1) is 26.9. The predicted octanol–water partition coefficient (Wildman–Crippen LogP) is 3.81. The highest BCUT2D eigenvalue weighted by atomic mass is 32.2. The molecule has 0 aliphatic carbocycles. The number of fused-ring (bicyclic) bond motifs is 1. The number of nitrogens with zero attached hydrogens (tertiary/aromatic N) is 3. The third kappa shape index (κ3) is 4.69. The summed E-state index contributed by atoms with van der Waals surface area (Å²) < 4.78 is 34.8. The Morgan fingerprint density at radius 2 is 1.74 bits per heavy atom. The van der Waals surface area contributed by atoms with Crippen LogP contribution in [0.5, 0.6) is 0 Å². The number of ether oxygens (including phenoxy) is 1. The van der Waals surface area contributed by atoms with Crippen LogP contribution < -0.4 is 4.31 Å². The van der Waals surface area contributed by atoms with E-state index in [1.807, 2.05) is 13.8 Å². The van der Waals surface area contributed by atoms with Gasteiger partial charge in [-0.05, 0) is 85.3 Å². The third-order valence-electron chi connectivity index (χ3n) is 7.75. The fourth-order valence-corrected chi connectivity index (χ4v) is 7.43. The number of hydrogen-bond acceptors (Lipinski definition) is 6. The van der Waals surface area contributed by atoms with Gasteiger partial charge in [0.25, 0.3) is 15.9 Å². The van der Waals surface area contributed by atoms with Crippen molar-refractivity contribution in [3.05, 3.63) is 93.5 Å². The molecule has 3 aromatic rings. The Morgan fingerprint density at radius 3 is 2.41 bits per heavy atom. The van der Waals surface area contributed by atoms with Crippen LogP contribution in [0.2, 0.25) is 0 Å². The van der Waals surface area contributed by atoms with Gasteiger partial charge in [-0.1, -0.05) is 24.3 Å². The summed E-state index contributed by atoms with van der Waals surface area (Å²) in [7, 11) is -4.09. The van der Waals surface area contributed by atoms with Crippen molar-refractivity contribution >= 4 is 21.6 Å². The Morgan fingerprint density at radius 1 is 1.05 bits per heavy atom. The Hall–Kier alpha value is -3.71. The predicted molar refractivity (Wildman–Crippen MR) is 147 cm³/mol. The highest BCUT2D eigenvalue weighted by molar-refractivity contribution is 7.92. The monoisotopic (exact) mass is 545 g/mol. The maximum Gasteiger partial charge on any atom is 0.264 e. The smallest absolute Gasteiger partial charge is 0.264 e. The van der Waals surface area contributed by atoms with Gasteiger partial charge in [-0.25, -0.2) is 8.42 Å². The molecule has 1 fully saturated rings. The van der Waals surface area contributed by atoms with E-state index < -0.39 is 22.2 Å². The molecule has 0 radical (unpaired) electrons. The van der Waals surface area contributed by atoms with E-state index in [-0.39, 0.29) is 17.2 Å². The summed E-state index contributed by atoms with van der Waals surface area (Å²) in [6, 6.07) is 16.2. The van der Waals surface area contributed by atoms with Crippen molar-refractivity contribution < 1.29 is 23.1 Å². The van der Waals surface area contributed by atoms with E-state index in [1.54, 1.807) is 54.3 Å². The Kier molecular flexibility index (Phi) is 7.21. The number of sulfonamides is 1. The van der Waals surface area contributed by atoms with Gasteiger partial charge in [0, 0.05) is 18.7 Å². The zero-order valence-electron chi connectivity index (χ0n) is 22.2. The first-order chi connectivity index (χ1) is 18.6. The molecule has 39 heavy (non-hydrogen) atoms. The average molecular weight is 546 g/mol. The van der Waals surface area contributed by atoms with E-state index in [4.69, 9.17) is 4.74 Å². The minimum absolute atomic E-state index is 0.0970. The molecule has 2 heterocycles. The molecule has 0 saturated carbocycles. The van der Waals surface area contributed by atoms with Gasteiger partial charge < -0.3 is 14.7 Å². The number of hydrogen-bond donors (Lipinski definition) is 1. The second-order valence-electron chi connectivity index (χ2n) is 10.1. The van der Waals surface area contributed by atoms with Crippen molar-refractivity contribution in [1.29, 1.82) is 5.26 Å². The fourth-order valence-electron chi connectivity index (χ4n) is 5.73. The summed E-state index contributed by atoms with van der Waals surface area (Å²) in [5, 5.41) is 21.6. The summed E-state index contributed by atoms with van der Waals surface area (Å²) >= 11 is 0. The molecular weight excluding hydrogens is 514 g/mol. The van der Waals surface area contributed by atoms with Crippen molar-refractivity contribution in [3.63, 3.8) is 0 Å². The van der Waals surface area contributed by atoms with E-state index in [9.17, 15) is 23.6 Å². The molecule has 3 aromatic carbocycles. The number of benzene rings is 3. The van der Waals surface area contributed by atoms with E-state index >= 15 is 0 Å². The molecule has 0 spiro atoms. The van der Waals surface area contributed by atoms with Gasteiger partial charge in [0.2, 0.25) is 0 Å². The number of amides is 1. The van der Waals surface area contributed by atoms with Gasteiger partial charge in [-0.15, -0.1) is 0 Å². The van der Waals surface area contributed by atoms with Gasteiger partial charge in [-0.3, -0.25) is 9.10 Å². The summed E-state index contributed by atoms with van der Waals surface area (Å²) in [5.41, 5.74) is 4.72. The number of rotatable bonds is 5. The number of nitriles is 1. The van der Waals surface area contributed by atoms with Crippen LogP contribution in [0, 0.1) is 32.1 Å². The van der Waals surface area contributed by atoms with Crippen LogP contribution in [0.1, 0.15) is 49.8 Å². The van der Waals surface area contributed by atoms with Crippen molar-refractivity contribution in [1.82, 2.24) is 4.90 Å². The number of anilines is 1. The second-order valence-corrected chi connectivity index (χ2v) is 11.9. The summed E-state index contributed by atoms with van der Waals surface area (Å²) in [6.07, 6.45) is -0.959. The highest BCUT2D eigenvalue weighted by Gasteiger charge is 2.44. The molecule has 2 aliphatic rings. The fraction of sp³-hybridized carbons (Fsp3) is 0.333. The van der Waals surface area contributed by atoms with Crippen LogP contribution in [0.4, 0.5) is 5.69 Å². The minimum atomic E-state index is -4.09. The molecule has 1 saturated heterocycles. The minimum Gasteiger partial charge on any atom is -0.386 e. The zero-order valence-corrected chi connectivity index (χ0v) is 23.0. The lowest BCUT2D eigenvalue weighted by Gasteiger charge is -2.33. The molecule has 5 rings (SSSR count). The van der Waals surface area contributed by atoms with Gasteiger partial charge in [0.15, 0.2) is 0 Å². The maximum atomic E-state index is 14.1. The lowest BCUT2D eigenvalue weighted by molar-refractivity contribution is 0.0302. The number of aliphatic hydroxyl groups is 1. The maximum absolute atomic E-state index is 14.1. The molecule has 1 N–H and O–H groups in total. The molecule has 8 nitrogen and oxygen atoms in total. The molecule has 2 atom stereocenters. The topological polar surface area (TPSA) is 111 Å². The van der Waals surface area contributed by atoms with E-state index in [0.717, 1.165) is 16.7 Å². The number of carbonyl (C=O) groups is 1. The summed E-state index contributed by atoms with van der Waals surface area (Å²) in [4.78, 5) is 15.2. The first-order valence-electron chi connectivity index (χ1n) is 12.9. The number of morpholine rings is 1. The molecule has 9 heteroatoms. The van der Waals surface area contributed by atoms with Crippen molar-refractivity contribution in [2.75, 3.05) is 30.6 Å². The second kappa shape index (κ2) is 10.5. The Balaban J connectivity index is 1.63. The molecule has 1 amide bonds. The van der Waals surface area contributed by atoms with Gasteiger partial charge in [0.1, 0.15) is 6.10 Å². The van der Waals surface area contributed by atoms with Crippen LogP contribution in [0.25, 0.3) is 0 Å². The van der Waals surface area contributed by atoms with Crippen LogP contribution in [0.15, 0.2) is 59.5 Å². The first-order valence-corrected chi connectivity index (χ1v) is 14.4. The number of aliphatic hydroxyl groups excluding tert-OH is 1. The molecule has 2 aliphatic heterocycles. The molecular formula is C30H31N3O5S. The standard InChI is InChI=1S/C30H31N3O5S/c1-19-9-10-24(30(35)32-11-13-38-14-12-32)21(3)28(19)29(34)27-17-25-20(2)15-22(18-31)16-26(25)33(27)39(36,37)23-7-5-4-6-8-23/h4-10,15-16,27,29,34H,11-14,17H2,1-3H3. The van der Waals surface area contributed by atoms with Crippen LogP contribution >= 0.6 is 0 Å². The normalized spacial score (nSPS) is 18.0. The lowest BCUT2D eigenvalue weighted by atomic mass is 9.89.